The standard InChI is InChI=1S/C21H27ClO6/c1-11(2)27-19(24)17-15(23)10-21(5,26)18(20(25)28-12(3)4)16(17)13-6-8-14(22)9-7-13/h6-9,11-12,16-18,26H,10H2,1-5H3/t16-,17+,18-,21-/m1/s1. The molecule has 1 aromatic rings. The van der Waals surface area contributed by atoms with Crippen molar-refractivity contribution >= 4 is 29.3 Å². The molecule has 0 aliphatic heterocycles. The van der Waals surface area contributed by atoms with E-state index in [9.17, 15) is 19.5 Å². The smallest absolute Gasteiger partial charge is 0.317 e. The summed E-state index contributed by atoms with van der Waals surface area (Å²) in [5.41, 5.74) is -1.13. The van der Waals surface area contributed by atoms with Crippen molar-refractivity contribution in [3.05, 3.63) is 34.9 Å². The van der Waals surface area contributed by atoms with Gasteiger partial charge in [0.1, 0.15) is 5.92 Å². The van der Waals surface area contributed by atoms with Crippen LogP contribution in [0.3, 0.4) is 0 Å². The van der Waals surface area contributed by atoms with Crippen molar-refractivity contribution in [2.75, 3.05) is 0 Å². The topological polar surface area (TPSA) is 89.9 Å². The molecule has 0 spiro atoms. The zero-order valence-corrected chi connectivity index (χ0v) is 17.5. The first-order valence-corrected chi connectivity index (χ1v) is 9.73. The SMILES string of the molecule is CC(C)OC(=O)[C@H]1C(=O)C[C@@](C)(O)[C@@H](C(=O)OC(C)C)[C@@H]1c1ccc(Cl)cc1. The first-order chi connectivity index (χ1) is 12.9. The molecule has 154 valence electrons. The minimum atomic E-state index is -1.66. The number of halogens is 1. The van der Waals surface area contributed by atoms with Crippen LogP contribution in [-0.2, 0) is 23.9 Å². The summed E-state index contributed by atoms with van der Waals surface area (Å²) >= 11 is 5.97. The highest BCUT2D eigenvalue weighted by Crippen LogP contribution is 2.47. The first kappa shape index (κ1) is 22.4. The molecule has 1 N–H and O–H groups in total. The lowest BCUT2D eigenvalue weighted by Gasteiger charge is -2.44. The lowest BCUT2D eigenvalue weighted by Crippen LogP contribution is -2.55. The van der Waals surface area contributed by atoms with Gasteiger partial charge in [0.05, 0.1) is 23.7 Å². The molecule has 28 heavy (non-hydrogen) atoms. The van der Waals surface area contributed by atoms with Crippen LogP contribution in [0.25, 0.3) is 0 Å². The van der Waals surface area contributed by atoms with Crippen molar-refractivity contribution in [2.45, 2.75) is 64.8 Å². The molecular formula is C21H27ClO6. The molecule has 0 saturated heterocycles. The number of benzene rings is 1. The minimum absolute atomic E-state index is 0.340. The van der Waals surface area contributed by atoms with Crippen molar-refractivity contribution in [1.82, 2.24) is 0 Å². The lowest BCUT2D eigenvalue weighted by molar-refractivity contribution is -0.176. The van der Waals surface area contributed by atoms with Crippen molar-refractivity contribution in [1.29, 1.82) is 0 Å². The van der Waals surface area contributed by atoms with Crippen molar-refractivity contribution in [3.8, 4) is 0 Å². The van der Waals surface area contributed by atoms with Crippen LogP contribution >= 0.6 is 11.6 Å². The molecule has 7 heteroatoms. The number of hydrogen-bond acceptors (Lipinski definition) is 6. The van der Waals surface area contributed by atoms with E-state index >= 15 is 0 Å². The number of aliphatic hydroxyl groups is 1. The van der Waals surface area contributed by atoms with Crippen LogP contribution in [0.5, 0.6) is 0 Å². The highest BCUT2D eigenvalue weighted by molar-refractivity contribution is 6.30. The molecule has 1 aromatic carbocycles. The molecule has 2 rings (SSSR count). The van der Waals surface area contributed by atoms with Gasteiger partial charge in [-0.15, -0.1) is 0 Å². The summed E-state index contributed by atoms with van der Waals surface area (Å²) in [4.78, 5) is 38.5. The number of rotatable bonds is 5. The number of hydrogen-bond donors (Lipinski definition) is 1. The number of esters is 2. The molecule has 0 unspecified atom stereocenters. The van der Waals surface area contributed by atoms with Gasteiger partial charge in [-0.05, 0) is 52.3 Å². The lowest BCUT2D eigenvalue weighted by atomic mass is 9.61. The molecule has 1 aliphatic carbocycles. The number of ether oxygens (including phenoxy) is 2. The van der Waals surface area contributed by atoms with Crippen LogP contribution in [0.1, 0.15) is 52.5 Å². The monoisotopic (exact) mass is 410 g/mol. The van der Waals surface area contributed by atoms with Crippen molar-refractivity contribution < 1.29 is 29.0 Å². The van der Waals surface area contributed by atoms with Crippen LogP contribution in [0, 0.1) is 11.8 Å². The van der Waals surface area contributed by atoms with E-state index in [1.807, 2.05) is 0 Å². The fraction of sp³-hybridized carbons (Fsp3) is 0.571. The summed E-state index contributed by atoms with van der Waals surface area (Å²) in [6.45, 7) is 8.18. The number of Topliss-reactive ketones (excluding diaryl/α,β-unsaturated/α-hetero) is 1. The molecule has 0 aromatic heterocycles. The van der Waals surface area contributed by atoms with E-state index in [-0.39, 0.29) is 6.42 Å². The Labute approximate surface area is 170 Å². The third-order valence-corrected chi connectivity index (χ3v) is 4.99. The third kappa shape index (κ3) is 4.92. The molecule has 1 aliphatic rings. The van der Waals surface area contributed by atoms with E-state index in [0.717, 1.165) is 0 Å². The van der Waals surface area contributed by atoms with Crippen LogP contribution < -0.4 is 0 Å². The molecule has 6 nitrogen and oxygen atoms in total. The number of carbonyl (C=O) groups excluding carboxylic acids is 3. The van der Waals surface area contributed by atoms with Gasteiger partial charge in [0.25, 0.3) is 0 Å². The molecule has 1 fully saturated rings. The van der Waals surface area contributed by atoms with Gasteiger partial charge in [-0.1, -0.05) is 23.7 Å². The zero-order valence-electron chi connectivity index (χ0n) is 16.8. The summed E-state index contributed by atoms with van der Waals surface area (Å²) in [6, 6.07) is 6.51. The van der Waals surface area contributed by atoms with E-state index in [2.05, 4.69) is 0 Å². The fourth-order valence-corrected chi connectivity index (χ4v) is 3.84. The average Bonchev–Trinajstić information content (AvgIpc) is 2.52. The van der Waals surface area contributed by atoms with E-state index in [1.165, 1.54) is 6.92 Å². The van der Waals surface area contributed by atoms with Gasteiger partial charge in [-0.25, -0.2) is 0 Å². The van der Waals surface area contributed by atoms with Crippen LogP contribution in [0.4, 0.5) is 0 Å². The second-order valence-corrected chi connectivity index (χ2v) is 8.44. The van der Waals surface area contributed by atoms with Gasteiger partial charge in [0.15, 0.2) is 5.78 Å². The third-order valence-electron chi connectivity index (χ3n) is 4.73. The Morgan fingerprint density at radius 3 is 2.07 bits per heavy atom. The predicted octanol–water partition coefficient (Wildman–Crippen LogP) is 3.28. The summed E-state index contributed by atoms with van der Waals surface area (Å²) in [7, 11) is 0. The molecule has 1 saturated carbocycles. The Morgan fingerprint density at radius 2 is 1.57 bits per heavy atom. The Balaban J connectivity index is 2.59. The largest absolute Gasteiger partial charge is 0.463 e. The first-order valence-electron chi connectivity index (χ1n) is 9.35. The van der Waals surface area contributed by atoms with E-state index < -0.39 is 53.3 Å². The molecule has 0 radical (unpaired) electrons. The second kappa shape index (κ2) is 8.62. The summed E-state index contributed by atoms with van der Waals surface area (Å²) < 4.78 is 10.7. The fourth-order valence-electron chi connectivity index (χ4n) is 3.71. The van der Waals surface area contributed by atoms with Gasteiger partial charge in [-0.2, -0.15) is 0 Å². The Bertz CT molecular complexity index is 730. The normalized spacial score (nSPS) is 27.8. The molecule has 0 amide bonds. The Kier molecular flexibility index (Phi) is 6.88. The summed E-state index contributed by atoms with van der Waals surface area (Å²) in [5.74, 6) is -5.09. The number of ketones is 1. The zero-order chi connectivity index (χ0) is 21.2. The summed E-state index contributed by atoms with van der Waals surface area (Å²) in [6.07, 6.45) is -1.17. The Morgan fingerprint density at radius 1 is 1.07 bits per heavy atom. The maximum Gasteiger partial charge on any atom is 0.317 e. The maximum atomic E-state index is 12.9. The molecule has 4 atom stereocenters. The predicted molar refractivity (Wildman–Crippen MR) is 104 cm³/mol. The van der Waals surface area contributed by atoms with E-state index in [4.69, 9.17) is 21.1 Å². The summed E-state index contributed by atoms with van der Waals surface area (Å²) in [5, 5.41) is 11.4. The van der Waals surface area contributed by atoms with E-state index in [1.54, 1.807) is 52.0 Å². The highest BCUT2D eigenvalue weighted by Gasteiger charge is 2.57. The van der Waals surface area contributed by atoms with Crippen molar-refractivity contribution in [2.24, 2.45) is 11.8 Å². The van der Waals surface area contributed by atoms with Gasteiger partial charge in [0.2, 0.25) is 0 Å². The van der Waals surface area contributed by atoms with Gasteiger partial charge < -0.3 is 14.6 Å². The van der Waals surface area contributed by atoms with Gasteiger partial charge >= 0.3 is 11.9 Å². The number of carbonyl (C=O) groups is 3. The van der Waals surface area contributed by atoms with Gasteiger partial charge in [0, 0.05) is 17.4 Å². The molecular weight excluding hydrogens is 384 g/mol. The second-order valence-electron chi connectivity index (χ2n) is 8.00. The van der Waals surface area contributed by atoms with Crippen LogP contribution in [0.2, 0.25) is 5.02 Å². The van der Waals surface area contributed by atoms with Crippen LogP contribution in [-0.4, -0.2) is 40.6 Å². The quantitative estimate of drug-likeness (QED) is 0.591. The average molecular weight is 411 g/mol. The van der Waals surface area contributed by atoms with Crippen LogP contribution in [0.15, 0.2) is 24.3 Å². The highest BCUT2D eigenvalue weighted by atomic mass is 35.5. The molecule has 0 bridgehead atoms. The minimum Gasteiger partial charge on any atom is -0.463 e. The molecule has 0 heterocycles. The Hall–Kier alpha value is -1.92. The van der Waals surface area contributed by atoms with E-state index in [0.29, 0.717) is 10.6 Å². The van der Waals surface area contributed by atoms with Crippen molar-refractivity contribution in [3.63, 3.8) is 0 Å². The maximum absolute atomic E-state index is 12.9. The van der Waals surface area contributed by atoms with Gasteiger partial charge in [-0.3, -0.25) is 14.4 Å².